The Balaban J connectivity index is 1.85. The first-order valence-electron chi connectivity index (χ1n) is 7.24. The van der Waals surface area contributed by atoms with Crippen molar-refractivity contribution in [1.29, 1.82) is 0 Å². The highest BCUT2D eigenvalue weighted by molar-refractivity contribution is 5.85. The fourth-order valence-corrected chi connectivity index (χ4v) is 2.84. The molecule has 1 saturated carbocycles. The van der Waals surface area contributed by atoms with Gasteiger partial charge in [-0.3, -0.25) is 0 Å². The standard InChI is InChI=1S/C15H22N2O3/c18-10-12(8-11-4-1-2-5-11)9-16-14-7-3-6-13(17-14)15(19)20/h3,6-7,11-12,18H,1-2,4-5,8-10H2,(H,16,17)(H,19,20). The van der Waals surface area contributed by atoms with Crippen LogP contribution in [0.1, 0.15) is 42.6 Å². The second-order valence-electron chi connectivity index (χ2n) is 5.53. The van der Waals surface area contributed by atoms with Crippen LogP contribution in [-0.4, -0.2) is 34.3 Å². The van der Waals surface area contributed by atoms with E-state index in [2.05, 4.69) is 10.3 Å². The van der Waals surface area contributed by atoms with Gasteiger partial charge >= 0.3 is 5.97 Å². The highest BCUT2D eigenvalue weighted by atomic mass is 16.4. The van der Waals surface area contributed by atoms with E-state index < -0.39 is 5.97 Å². The third-order valence-electron chi connectivity index (χ3n) is 3.94. The zero-order chi connectivity index (χ0) is 14.4. The van der Waals surface area contributed by atoms with Crippen LogP contribution >= 0.6 is 0 Å². The summed E-state index contributed by atoms with van der Waals surface area (Å²) in [6, 6.07) is 4.88. The topological polar surface area (TPSA) is 82.5 Å². The van der Waals surface area contributed by atoms with Crippen LogP contribution in [0.2, 0.25) is 0 Å². The SMILES string of the molecule is O=C(O)c1cccc(NCC(CO)CC2CCCC2)n1. The normalized spacial score (nSPS) is 17.1. The molecule has 1 unspecified atom stereocenters. The van der Waals surface area contributed by atoms with Gasteiger partial charge in [0.15, 0.2) is 5.69 Å². The Labute approximate surface area is 119 Å². The highest BCUT2D eigenvalue weighted by Crippen LogP contribution is 2.30. The minimum atomic E-state index is -1.03. The molecule has 0 amide bonds. The van der Waals surface area contributed by atoms with Gasteiger partial charge in [0, 0.05) is 13.2 Å². The molecule has 1 aliphatic rings. The van der Waals surface area contributed by atoms with Crippen molar-refractivity contribution >= 4 is 11.8 Å². The molecular formula is C15H22N2O3. The molecule has 5 nitrogen and oxygen atoms in total. The second-order valence-corrected chi connectivity index (χ2v) is 5.53. The van der Waals surface area contributed by atoms with Crippen LogP contribution in [0.3, 0.4) is 0 Å². The van der Waals surface area contributed by atoms with E-state index in [0.717, 1.165) is 12.3 Å². The summed E-state index contributed by atoms with van der Waals surface area (Å²) in [7, 11) is 0. The molecule has 0 aromatic carbocycles. The van der Waals surface area contributed by atoms with Gasteiger partial charge in [-0.25, -0.2) is 9.78 Å². The molecule has 0 bridgehead atoms. The minimum Gasteiger partial charge on any atom is -0.477 e. The summed E-state index contributed by atoms with van der Waals surface area (Å²) in [6.07, 6.45) is 6.17. The molecule has 1 fully saturated rings. The predicted molar refractivity (Wildman–Crippen MR) is 76.8 cm³/mol. The molecule has 1 aromatic rings. The Hall–Kier alpha value is -1.62. The first-order valence-corrected chi connectivity index (χ1v) is 7.24. The van der Waals surface area contributed by atoms with Crippen molar-refractivity contribution in [3.63, 3.8) is 0 Å². The van der Waals surface area contributed by atoms with Crippen LogP contribution in [0.25, 0.3) is 0 Å². The van der Waals surface area contributed by atoms with Gasteiger partial charge < -0.3 is 15.5 Å². The van der Waals surface area contributed by atoms with Gasteiger partial charge in [-0.1, -0.05) is 31.7 Å². The minimum absolute atomic E-state index is 0.0336. The Morgan fingerprint density at radius 1 is 1.40 bits per heavy atom. The number of carboxylic acids is 1. The number of anilines is 1. The number of nitrogens with zero attached hydrogens (tertiary/aromatic N) is 1. The first kappa shape index (κ1) is 14.8. The number of hydrogen-bond donors (Lipinski definition) is 3. The summed E-state index contributed by atoms with van der Waals surface area (Å²) in [4.78, 5) is 14.9. The first-order chi connectivity index (χ1) is 9.69. The quantitative estimate of drug-likeness (QED) is 0.713. The lowest BCUT2D eigenvalue weighted by Crippen LogP contribution is -2.21. The maximum atomic E-state index is 10.8. The van der Waals surface area contributed by atoms with Crippen LogP contribution < -0.4 is 5.32 Å². The number of pyridine rings is 1. The predicted octanol–water partition coefficient (Wildman–Crippen LogP) is 2.38. The second kappa shape index (κ2) is 7.24. The van der Waals surface area contributed by atoms with Gasteiger partial charge in [0.25, 0.3) is 0 Å². The summed E-state index contributed by atoms with van der Waals surface area (Å²) < 4.78 is 0. The molecule has 1 atom stereocenters. The fraction of sp³-hybridized carbons (Fsp3) is 0.600. The molecule has 2 rings (SSSR count). The van der Waals surface area contributed by atoms with Crippen molar-refractivity contribution in [1.82, 2.24) is 4.98 Å². The average molecular weight is 278 g/mol. The maximum absolute atomic E-state index is 10.8. The number of aromatic nitrogens is 1. The lowest BCUT2D eigenvalue weighted by atomic mass is 9.94. The van der Waals surface area contributed by atoms with Crippen molar-refractivity contribution in [2.45, 2.75) is 32.1 Å². The Morgan fingerprint density at radius 2 is 2.15 bits per heavy atom. The van der Waals surface area contributed by atoms with E-state index in [4.69, 9.17) is 5.11 Å². The number of aliphatic hydroxyl groups is 1. The number of carboxylic acid groups (broad SMARTS) is 1. The van der Waals surface area contributed by atoms with Gasteiger partial charge in [0.05, 0.1) is 0 Å². The zero-order valence-corrected chi connectivity index (χ0v) is 11.6. The van der Waals surface area contributed by atoms with Crippen molar-refractivity contribution in [3.05, 3.63) is 23.9 Å². The number of hydrogen-bond acceptors (Lipinski definition) is 4. The molecule has 1 heterocycles. The third-order valence-corrected chi connectivity index (χ3v) is 3.94. The van der Waals surface area contributed by atoms with E-state index in [1.54, 1.807) is 12.1 Å². The van der Waals surface area contributed by atoms with Gasteiger partial charge in [0.2, 0.25) is 0 Å². The van der Waals surface area contributed by atoms with Gasteiger partial charge in [-0.2, -0.15) is 0 Å². The van der Waals surface area contributed by atoms with Crippen LogP contribution in [-0.2, 0) is 0 Å². The molecule has 3 N–H and O–H groups in total. The number of aliphatic hydroxyl groups excluding tert-OH is 1. The van der Waals surface area contributed by atoms with E-state index in [0.29, 0.717) is 12.4 Å². The summed E-state index contributed by atoms with van der Waals surface area (Å²) in [5, 5.41) is 21.5. The van der Waals surface area contributed by atoms with Gasteiger partial charge in [0.1, 0.15) is 5.82 Å². The summed E-state index contributed by atoms with van der Waals surface area (Å²) in [5.74, 6) is 0.453. The van der Waals surface area contributed by atoms with E-state index >= 15 is 0 Å². The van der Waals surface area contributed by atoms with Crippen LogP contribution in [0.5, 0.6) is 0 Å². The fourth-order valence-electron chi connectivity index (χ4n) is 2.84. The largest absolute Gasteiger partial charge is 0.477 e. The number of rotatable bonds is 7. The smallest absolute Gasteiger partial charge is 0.354 e. The molecule has 0 aliphatic heterocycles. The Kier molecular flexibility index (Phi) is 5.35. The molecule has 0 saturated heterocycles. The van der Waals surface area contributed by atoms with Crippen molar-refractivity contribution < 1.29 is 15.0 Å². The highest BCUT2D eigenvalue weighted by Gasteiger charge is 2.19. The lowest BCUT2D eigenvalue weighted by molar-refractivity contribution is 0.0690. The molecule has 1 aromatic heterocycles. The third kappa shape index (κ3) is 4.20. The summed E-state index contributed by atoms with van der Waals surface area (Å²) in [6.45, 7) is 0.783. The van der Waals surface area contributed by atoms with Crippen molar-refractivity contribution in [2.24, 2.45) is 11.8 Å². The number of nitrogens with one attached hydrogen (secondary N) is 1. The van der Waals surface area contributed by atoms with Gasteiger partial charge in [-0.05, 0) is 30.4 Å². The van der Waals surface area contributed by atoms with Crippen molar-refractivity contribution in [2.75, 3.05) is 18.5 Å². The molecule has 1 aliphatic carbocycles. The molecule has 0 spiro atoms. The van der Waals surface area contributed by atoms with E-state index in [1.165, 1.54) is 31.7 Å². The zero-order valence-electron chi connectivity index (χ0n) is 11.6. The summed E-state index contributed by atoms with van der Waals surface area (Å²) >= 11 is 0. The lowest BCUT2D eigenvalue weighted by Gasteiger charge is -2.19. The molecule has 20 heavy (non-hydrogen) atoms. The monoisotopic (exact) mass is 278 g/mol. The molecule has 5 heteroatoms. The van der Waals surface area contributed by atoms with Crippen LogP contribution in [0, 0.1) is 11.8 Å². The number of aromatic carboxylic acids is 1. The Morgan fingerprint density at radius 3 is 2.80 bits per heavy atom. The molecule has 110 valence electrons. The van der Waals surface area contributed by atoms with Crippen LogP contribution in [0.4, 0.5) is 5.82 Å². The van der Waals surface area contributed by atoms with Crippen LogP contribution in [0.15, 0.2) is 18.2 Å². The van der Waals surface area contributed by atoms with E-state index in [9.17, 15) is 9.90 Å². The average Bonchev–Trinajstić information content (AvgIpc) is 2.96. The van der Waals surface area contributed by atoms with Crippen molar-refractivity contribution in [3.8, 4) is 0 Å². The maximum Gasteiger partial charge on any atom is 0.354 e. The Bertz CT molecular complexity index is 444. The molecule has 0 radical (unpaired) electrons. The summed E-state index contributed by atoms with van der Waals surface area (Å²) in [5.41, 5.74) is 0.0336. The van der Waals surface area contributed by atoms with Gasteiger partial charge in [-0.15, -0.1) is 0 Å². The molecular weight excluding hydrogens is 256 g/mol. The number of carbonyl (C=O) groups is 1. The van der Waals surface area contributed by atoms with E-state index in [1.807, 2.05) is 0 Å². The van der Waals surface area contributed by atoms with E-state index in [-0.39, 0.29) is 18.2 Å².